The van der Waals surface area contributed by atoms with E-state index in [0.717, 1.165) is 38.5 Å². The molecule has 0 aromatic carbocycles. The highest BCUT2D eigenvalue weighted by Gasteiger charge is 2.15. The third-order valence-corrected chi connectivity index (χ3v) is 11.5. The lowest BCUT2D eigenvalue weighted by molar-refractivity contribution is -0.130. The van der Waals surface area contributed by atoms with Crippen LogP contribution >= 0.6 is 0 Å². The Hall–Kier alpha value is -1.14. The molecule has 0 aliphatic carbocycles. The number of nitrogens with one attached hydrogen (secondary N) is 2. The zero-order valence-electron chi connectivity index (χ0n) is 36.6. The van der Waals surface area contributed by atoms with Gasteiger partial charge in [0.15, 0.2) is 0 Å². The fraction of sp³-hybridized carbons (Fsp3) is 0.958. The van der Waals surface area contributed by atoms with Gasteiger partial charge in [0, 0.05) is 13.1 Å². The number of aliphatic hydroxyl groups excluding tert-OH is 2. The van der Waals surface area contributed by atoms with Gasteiger partial charge in [0.05, 0.1) is 0 Å². The van der Waals surface area contributed by atoms with Crippen LogP contribution in [-0.2, 0) is 9.59 Å². The number of rotatable bonds is 45. The summed E-state index contributed by atoms with van der Waals surface area (Å²) in [5, 5.41) is 26.1. The SMILES string of the molecule is CCCCCCCCCCCCCCCCCCCCC(O)C(=O)NCCCCNC(=O)C(O)CCCCCCCCCCCCCCCCCCCC. The zero-order chi connectivity index (χ0) is 39.4. The van der Waals surface area contributed by atoms with Crippen LogP contribution in [0.2, 0.25) is 0 Å². The smallest absolute Gasteiger partial charge is 0.248 e. The molecule has 54 heavy (non-hydrogen) atoms. The van der Waals surface area contributed by atoms with Crippen LogP contribution in [0.5, 0.6) is 0 Å². The zero-order valence-corrected chi connectivity index (χ0v) is 36.6. The Morgan fingerprint density at radius 3 is 0.704 bits per heavy atom. The molecule has 0 bridgehead atoms. The summed E-state index contributed by atoms with van der Waals surface area (Å²) in [6.45, 7) is 5.55. The molecule has 0 saturated carbocycles. The molecule has 0 spiro atoms. The molecule has 0 aliphatic heterocycles. The van der Waals surface area contributed by atoms with Crippen LogP contribution in [-0.4, -0.2) is 47.3 Å². The maximum Gasteiger partial charge on any atom is 0.248 e. The molecule has 0 aromatic heterocycles. The van der Waals surface area contributed by atoms with E-state index in [2.05, 4.69) is 24.5 Å². The van der Waals surface area contributed by atoms with Crippen molar-refractivity contribution in [3.05, 3.63) is 0 Å². The third kappa shape index (κ3) is 40.5. The van der Waals surface area contributed by atoms with Gasteiger partial charge in [0.25, 0.3) is 0 Å². The van der Waals surface area contributed by atoms with E-state index in [4.69, 9.17) is 0 Å². The number of carbonyl (C=O) groups excluding carboxylic acids is 2. The van der Waals surface area contributed by atoms with E-state index in [-0.39, 0.29) is 11.8 Å². The summed E-state index contributed by atoms with van der Waals surface area (Å²) >= 11 is 0. The molecule has 0 fully saturated rings. The molecule has 0 rings (SSSR count). The molecule has 322 valence electrons. The number of hydrogen-bond donors (Lipinski definition) is 4. The van der Waals surface area contributed by atoms with E-state index in [1.165, 1.54) is 205 Å². The number of aliphatic hydroxyl groups is 2. The Morgan fingerprint density at radius 2 is 0.500 bits per heavy atom. The predicted octanol–water partition coefficient (Wildman–Crippen LogP) is 13.6. The van der Waals surface area contributed by atoms with Gasteiger partial charge in [-0.1, -0.05) is 245 Å². The van der Waals surface area contributed by atoms with Gasteiger partial charge in [0.1, 0.15) is 12.2 Å². The summed E-state index contributed by atoms with van der Waals surface area (Å²) in [7, 11) is 0. The average Bonchev–Trinajstić information content (AvgIpc) is 3.17. The van der Waals surface area contributed by atoms with Crippen molar-refractivity contribution in [3.8, 4) is 0 Å². The van der Waals surface area contributed by atoms with Crippen LogP contribution in [0, 0.1) is 0 Å². The second kappa shape index (κ2) is 44.6. The van der Waals surface area contributed by atoms with Gasteiger partial charge in [-0.2, -0.15) is 0 Å². The molecule has 0 aromatic rings. The number of unbranched alkanes of at least 4 members (excludes halogenated alkanes) is 35. The fourth-order valence-electron chi connectivity index (χ4n) is 7.65. The first-order valence-corrected chi connectivity index (χ1v) is 24.4. The minimum absolute atomic E-state index is 0.286. The molecule has 4 N–H and O–H groups in total. The van der Waals surface area contributed by atoms with Crippen molar-refractivity contribution >= 4 is 11.8 Å². The van der Waals surface area contributed by atoms with E-state index in [0.29, 0.717) is 25.9 Å². The molecule has 2 unspecified atom stereocenters. The van der Waals surface area contributed by atoms with E-state index in [1.54, 1.807) is 0 Å². The van der Waals surface area contributed by atoms with Crippen molar-refractivity contribution in [1.82, 2.24) is 10.6 Å². The van der Waals surface area contributed by atoms with E-state index >= 15 is 0 Å². The van der Waals surface area contributed by atoms with Gasteiger partial charge in [-0.25, -0.2) is 0 Å². The molecule has 2 atom stereocenters. The second-order valence-electron chi connectivity index (χ2n) is 16.9. The Bertz CT molecular complexity index is 701. The van der Waals surface area contributed by atoms with Crippen molar-refractivity contribution in [1.29, 1.82) is 0 Å². The number of hydrogen-bond acceptors (Lipinski definition) is 4. The minimum Gasteiger partial charge on any atom is -0.383 e. The summed E-state index contributed by atoms with van der Waals surface area (Å²) < 4.78 is 0. The normalized spacial score (nSPS) is 12.6. The quantitative estimate of drug-likeness (QED) is 0.0464. The highest BCUT2D eigenvalue weighted by atomic mass is 16.3. The average molecular weight is 765 g/mol. The minimum atomic E-state index is -0.930. The lowest BCUT2D eigenvalue weighted by Crippen LogP contribution is -2.36. The first-order chi connectivity index (χ1) is 26.5. The van der Waals surface area contributed by atoms with Crippen molar-refractivity contribution in [2.75, 3.05) is 13.1 Å². The van der Waals surface area contributed by atoms with Crippen molar-refractivity contribution in [2.45, 2.75) is 283 Å². The predicted molar refractivity (Wildman–Crippen MR) is 234 cm³/mol. The summed E-state index contributed by atoms with van der Waals surface area (Å²) in [6, 6.07) is 0. The summed E-state index contributed by atoms with van der Waals surface area (Å²) in [4.78, 5) is 24.4. The van der Waals surface area contributed by atoms with Gasteiger partial charge in [-0.3, -0.25) is 9.59 Å². The maximum atomic E-state index is 12.2. The first kappa shape index (κ1) is 52.9. The van der Waals surface area contributed by atoms with E-state index in [1.807, 2.05) is 0 Å². The van der Waals surface area contributed by atoms with Crippen molar-refractivity contribution in [3.63, 3.8) is 0 Å². The van der Waals surface area contributed by atoms with Crippen molar-refractivity contribution in [2.24, 2.45) is 0 Å². The second-order valence-corrected chi connectivity index (χ2v) is 16.9. The van der Waals surface area contributed by atoms with Crippen LogP contribution in [0.3, 0.4) is 0 Å². The Morgan fingerprint density at radius 1 is 0.315 bits per heavy atom. The number of amides is 2. The van der Waals surface area contributed by atoms with Crippen LogP contribution in [0.25, 0.3) is 0 Å². The Labute approximate surface area is 337 Å². The van der Waals surface area contributed by atoms with E-state index < -0.39 is 12.2 Å². The van der Waals surface area contributed by atoms with Gasteiger partial charge in [-0.15, -0.1) is 0 Å². The maximum absolute atomic E-state index is 12.2. The molecule has 0 aliphatic rings. The molecule has 0 radical (unpaired) electrons. The molecule has 6 heteroatoms. The largest absolute Gasteiger partial charge is 0.383 e. The van der Waals surface area contributed by atoms with Crippen LogP contribution in [0.1, 0.15) is 271 Å². The summed E-state index contributed by atoms with van der Waals surface area (Å²) in [6.07, 6.45) is 48.5. The molecule has 6 nitrogen and oxygen atoms in total. The molecule has 0 heterocycles. The van der Waals surface area contributed by atoms with Gasteiger partial charge in [-0.05, 0) is 25.7 Å². The lowest BCUT2D eigenvalue weighted by atomic mass is 10.0. The standard InChI is InChI=1S/C48H96N2O4/c1-3-5-7-9-11-13-15-17-19-21-23-25-27-29-31-33-35-37-41-45(51)47(53)49-43-39-40-44-50-48(54)46(52)42-38-36-34-32-30-28-26-24-22-20-18-16-14-12-10-8-6-4-2/h45-46,51-52H,3-44H2,1-2H3,(H,49,53)(H,50,54). The van der Waals surface area contributed by atoms with Crippen LogP contribution < -0.4 is 10.6 Å². The lowest BCUT2D eigenvalue weighted by Gasteiger charge is -2.13. The van der Waals surface area contributed by atoms with Gasteiger partial charge >= 0.3 is 0 Å². The highest BCUT2D eigenvalue weighted by molar-refractivity contribution is 5.80. The molecular formula is C48H96N2O4. The topological polar surface area (TPSA) is 98.7 Å². The van der Waals surface area contributed by atoms with Crippen molar-refractivity contribution < 1.29 is 19.8 Å². The first-order valence-electron chi connectivity index (χ1n) is 24.4. The summed E-state index contributed by atoms with van der Waals surface area (Å²) in [5.41, 5.74) is 0. The number of carbonyl (C=O) groups is 2. The summed E-state index contributed by atoms with van der Waals surface area (Å²) in [5.74, 6) is -0.573. The molecule has 0 saturated heterocycles. The van der Waals surface area contributed by atoms with Gasteiger partial charge < -0.3 is 20.8 Å². The van der Waals surface area contributed by atoms with E-state index in [9.17, 15) is 19.8 Å². The Balaban J connectivity index is 3.42. The van der Waals surface area contributed by atoms with Gasteiger partial charge in [0.2, 0.25) is 11.8 Å². The molecular weight excluding hydrogens is 669 g/mol. The third-order valence-electron chi connectivity index (χ3n) is 11.5. The highest BCUT2D eigenvalue weighted by Crippen LogP contribution is 2.17. The fourth-order valence-corrected chi connectivity index (χ4v) is 7.65. The Kier molecular flexibility index (Phi) is 43.6. The monoisotopic (exact) mass is 765 g/mol. The molecule has 2 amide bonds. The van der Waals surface area contributed by atoms with Crippen LogP contribution in [0.15, 0.2) is 0 Å². The van der Waals surface area contributed by atoms with Crippen LogP contribution in [0.4, 0.5) is 0 Å².